The van der Waals surface area contributed by atoms with Gasteiger partial charge in [-0.05, 0) is 31.5 Å². The van der Waals surface area contributed by atoms with Gasteiger partial charge in [-0.1, -0.05) is 0 Å². The first-order chi connectivity index (χ1) is 11.1. The molecule has 1 aliphatic heterocycles. The van der Waals surface area contributed by atoms with Crippen molar-refractivity contribution in [3.05, 3.63) is 23.3 Å². The van der Waals surface area contributed by atoms with E-state index in [1.54, 1.807) is 12.0 Å². The van der Waals surface area contributed by atoms with Crippen molar-refractivity contribution in [3.8, 4) is 11.5 Å². The van der Waals surface area contributed by atoms with Gasteiger partial charge in [0, 0.05) is 12.0 Å². The molecule has 2 atom stereocenters. The zero-order valence-electron chi connectivity index (χ0n) is 15.1. The van der Waals surface area contributed by atoms with Gasteiger partial charge in [-0.3, -0.25) is 0 Å². The van der Waals surface area contributed by atoms with Crippen LogP contribution in [0.3, 0.4) is 0 Å². The molecule has 5 nitrogen and oxygen atoms in total. The molecule has 130 valence electrons. The molecule has 0 bridgehead atoms. The third-order valence-electron chi connectivity index (χ3n) is 5.30. The van der Waals surface area contributed by atoms with Gasteiger partial charge in [0.05, 0.1) is 33.8 Å². The fourth-order valence-electron chi connectivity index (χ4n) is 3.62. The molecule has 0 fully saturated rings. The lowest BCUT2D eigenvalue weighted by atomic mass is 9.92. The van der Waals surface area contributed by atoms with E-state index in [1.807, 2.05) is 12.1 Å². The molecule has 23 heavy (non-hydrogen) atoms. The summed E-state index contributed by atoms with van der Waals surface area (Å²) in [6.45, 7) is 11.5. The average molecular weight is 324 g/mol. The van der Waals surface area contributed by atoms with Crippen molar-refractivity contribution in [1.82, 2.24) is 0 Å². The predicted molar refractivity (Wildman–Crippen MR) is 91.4 cm³/mol. The largest absolute Gasteiger partial charge is 0.504 e. The first kappa shape index (κ1) is 18.0. The molecule has 0 saturated carbocycles. The third kappa shape index (κ3) is 4.37. The Kier molecular flexibility index (Phi) is 6.69. The van der Waals surface area contributed by atoms with Crippen LogP contribution in [0.5, 0.6) is 11.5 Å². The molecule has 0 aliphatic carbocycles. The van der Waals surface area contributed by atoms with E-state index in [1.165, 1.54) is 35.7 Å². The van der Waals surface area contributed by atoms with E-state index in [2.05, 4.69) is 26.2 Å². The average Bonchev–Trinajstić information content (AvgIpc) is 2.56. The maximum Gasteiger partial charge on any atom is 0.163 e. The van der Waals surface area contributed by atoms with E-state index in [0.717, 1.165) is 26.1 Å². The number of ether oxygens (including phenoxy) is 1. The minimum Gasteiger partial charge on any atom is -0.504 e. The maximum atomic E-state index is 10.1. The molecule has 0 saturated heterocycles. The Morgan fingerprint density at radius 1 is 1.35 bits per heavy atom. The summed E-state index contributed by atoms with van der Waals surface area (Å²) >= 11 is 0. The van der Waals surface area contributed by atoms with E-state index in [0.29, 0.717) is 11.8 Å². The van der Waals surface area contributed by atoms with Gasteiger partial charge in [0.2, 0.25) is 0 Å². The fourth-order valence-corrected chi connectivity index (χ4v) is 3.62. The minimum atomic E-state index is 0.263. The second-order valence-corrected chi connectivity index (χ2v) is 6.64. The molecule has 0 radical (unpaired) electrons. The van der Waals surface area contributed by atoms with Gasteiger partial charge in [0.25, 0.3) is 0 Å². The topological polar surface area (TPSA) is 55.0 Å². The van der Waals surface area contributed by atoms with Gasteiger partial charge in [-0.2, -0.15) is 0 Å². The van der Waals surface area contributed by atoms with Gasteiger partial charge >= 0.3 is 0 Å². The van der Waals surface area contributed by atoms with Gasteiger partial charge in [-0.25, -0.2) is 0 Å². The van der Waals surface area contributed by atoms with Crippen molar-refractivity contribution in [2.75, 3.05) is 53.4 Å². The molecule has 0 aromatic heterocycles. The summed E-state index contributed by atoms with van der Waals surface area (Å²) in [5.74, 6) is 0.856. The van der Waals surface area contributed by atoms with Gasteiger partial charge < -0.3 is 25.0 Å². The number of phenols is 1. The number of likely N-dealkylation sites (N-methyl/N-ethyl adjacent to an activating group) is 2. The standard InChI is InChI=1S/C18H31N3O2/c1-5-21(6-2)10-8-19-13-16-15-12-17(22)18(23-4)11-14(15)7-9-20(16)3/h11-12,16,19,22H,5-10,13H2,1-4H3/p+3/t16-/m0/s1. The fraction of sp³-hybridized carbons (Fsp3) is 0.667. The minimum absolute atomic E-state index is 0.263. The molecule has 5 heteroatoms. The number of nitrogens with two attached hydrogens (primary N) is 1. The molecule has 0 amide bonds. The monoisotopic (exact) mass is 324 g/mol. The summed E-state index contributed by atoms with van der Waals surface area (Å²) in [7, 11) is 3.88. The van der Waals surface area contributed by atoms with Crippen molar-refractivity contribution in [2.24, 2.45) is 0 Å². The highest BCUT2D eigenvalue weighted by Crippen LogP contribution is 2.32. The lowest BCUT2D eigenvalue weighted by Gasteiger charge is -2.31. The first-order valence-corrected chi connectivity index (χ1v) is 8.97. The van der Waals surface area contributed by atoms with E-state index in [9.17, 15) is 5.11 Å². The third-order valence-corrected chi connectivity index (χ3v) is 5.30. The Labute approximate surface area is 140 Å². The summed E-state index contributed by atoms with van der Waals surface area (Å²) in [6, 6.07) is 4.39. The van der Waals surface area contributed by atoms with Gasteiger partial charge in [0.15, 0.2) is 17.5 Å². The number of fused-ring (bicyclic) bond motifs is 1. The number of rotatable bonds is 8. The van der Waals surface area contributed by atoms with Crippen molar-refractivity contribution in [3.63, 3.8) is 0 Å². The Morgan fingerprint density at radius 3 is 2.74 bits per heavy atom. The highest BCUT2D eigenvalue weighted by molar-refractivity contribution is 5.47. The molecule has 5 N–H and O–H groups in total. The molecule has 1 aromatic rings. The number of benzene rings is 1. The SMILES string of the molecule is CC[NH+](CC)CC[NH2+]C[C@H]1c2cc(O)c(OC)cc2CC[NH+]1C. The van der Waals surface area contributed by atoms with Crippen LogP contribution < -0.4 is 19.9 Å². The predicted octanol–water partition coefficient (Wildman–Crippen LogP) is -2.00. The Hall–Kier alpha value is -1.30. The normalized spacial score (nSPS) is 20.6. The summed E-state index contributed by atoms with van der Waals surface area (Å²) in [6.07, 6.45) is 1.05. The number of hydrogen-bond donors (Lipinski definition) is 4. The second kappa shape index (κ2) is 8.52. The van der Waals surface area contributed by atoms with Crippen LogP contribution in [0.15, 0.2) is 12.1 Å². The molecule has 0 spiro atoms. The van der Waals surface area contributed by atoms with Crippen LogP contribution in [0.25, 0.3) is 0 Å². The molecular formula is C18H34N3O2+3. The number of phenolic OH excluding ortho intramolecular Hbond substituents is 1. The number of methoxy groups -OCH3 is 1. The lowest BCUT2D eigenvalue weighted by Crippen LogP contribution is -3.16. The Bertz CT molecular complexity index is 503. The molecule has 1 aliphatic rings. The zero-order chi connectivity index (χ0) is 16.8. The van der Waals surface area contributed by atoms with Crippen molar-refractivity contribution in [1.29, 1.82) is 0 Å². The number of aromatic hydroxyl groups is 1. The number of hydrogen-bond acceptors (Lipinski definition) is 2. The van der Waals surface area contributed by atoms with Crippen LogP contribution in [0.4, 0.5) is 0 Å². The summed E-state index contributed by atoms with van der Waals surface area (Å²) < 4.78 is 5.26. The first-order valence-electron chi connectivity index (χ1n) is 8.97. The second-order valence-electron chi connectivity index (χ2n) is 6.64. The van der Waals surface area contributed by atoms with E-state index in [-0.39, 0.29) is 5.75 Å². The summed E-state index contributed by atoms with van der Waals surface area (Å²) in [5.41, 5.74) is 2.62. The quantitative estimate of drug-likeness (QED) is 0.418. The number of quaternary nitrogens is 3. The van der Waals surface area contributed by atoms with Gasteiger partial charge in [0.1, 0.15) is 19.6 Å². The highest BCUT2D eigenvalue weighted by Gasteiger charge is 2.31. The molecule has 1 unspecified atom stereocenters. The smallest absolute Gasteiger partial charge is 0.163 e. The van der Waals surface area contributed by atoms with Crippen LogP contribution in [0.1, 0.15) is 31.0 Å². The Balaban J connectivity index is 2.01. The molecule has 1 heterocycles. The summed E-state index contributed by atoms with van der Waals surface area (Å²) in [4.78, 5) is 3.20. The van der Waals surface area contributed by atoms with Crippen LogP contribution >= 0.6 is 0 Å². The lowest BCUT2D eigenvalue weighted by molar-refractivity contribution is -0.937. The van der Waals surface area contributed by atoms with Crippen LogP contribution in [0, 0.1) is 0 Å². The molecule has 1 aromatic carbocycles. The van der Waals surface area contributed by atoms with Crippen LogP contribution in [-0.4, -0.2) is 58.5 Å². The van der Waals surface area contributed by atoms with E-state index < -0.39 is 0 Å². The maximum absolute atomic E-state index is 10.1. The van der Waals surface area contributed by atoms with Crippen molar-refractivity contribution >= 4 is 0 Å². The van der Waals surface area contributed by atoms with Gasteiger partial charge in [-0.15, -0.1) is 0 Å². The van der Waals surface area contributed by atoms with E-state index in [4.69, 9.17) is 4.74 Å². The van der Waals surface area contributed by atoms with Crippen molar-refractivity contribution < 1.29 is 25.0 Å². The summed E-state index contributed by atoms with van der Waals surface area (Å²) in [5, 5.41) is 12.6. The molecular weight excluding hydrogens is 290 g/mol. The molecule has 2 rings (SSSR count). The zero-order valence-corrected chi connectivity index (χ0v) is 15.1. The van der Waals surface area contributed by atoms with Crippen LogP contribution in [0.2, 0.25) is 0 Å². The highest BCUT2D eigenvalue weighted by atomic mass is 16.5. The van der Waals surface area contributed by atoms with E-state index >= 15 is 0 Å². The number of nitrogens with one attached hydrogen (secondary N) is 2. The van der Waals surface area contributed by atoms with Crippen LogP contribution in [-0.2, 0) is 6.42 Å². The Morgan fingerprint density at radius 2 is 2.09 bits per heavy atom. The van der Waals surface area contributed by atoms with Crippen molar-refractivity contribution in [2.45, 2.75) is 26.3 Å².